The molecule has 32 heavy (non-hydrogen) atoms. The molecule has 0 spiro atoms. The molecule has 2 atom stereocenters. The molecule has 8 heteroatoms. The summed E-state index contributed by atoms with van der Waals surface area (Å²) in [5.41, 5.74) is 1.64. The molecule has 2 fully saturated rings. The largest absolute Gasteiger partial charge is 0.496 e. The zero-order chi connectivity index (χ0) is 21.8. The summed E-state index contributed by atoms with van der Waals surface area (Å²) in [5, 5.41) is 5.41. The van der Waals surface area contributed by atoms with Crippen LogP contribution < -0.4 is 9.64 Å². The minimum atomic E-state index is -0.378. The Labute approximate surface area is 185 Å². The number of likely N-dealkylation sites (tertiary alicyclic amines) is 1. The van der Waals surface area contributed by atoms with E-state index >= 15 is 0 Å². The van der Waals surface area contributed by atoms with Crippen molar-refractivity contribution in [3.8, 4) is 22.8 Å². The van der Waals surface area contributed by atoms with Crippen LogP contribution in [-0.4, -0.2) is 64.0 Å². The van der Waals surface area contributed by atoms with E-state index in [0.29, 0.717) is 29.1 Å². The fourth-order valence-corrected chi connectivity index (χ4v) is 5.00. The average Bonchev–Trinajstić information content (AvgIpc) is 3.52. The molecule has 0 saturated carbocycles. The lowest BCUT2D eigenvalue weighted by molar-refractivity contribution is 0.292. The van der Waals surface area contributed by atoms with E-state index in [9.17, 15) is 4.39 Å². The summed E-state index contributed by atoms with van der Waals surface area (Å²) in [6.45, 7) is 2.07. The minimum absolute atomic E-state index is 0.337. The average molecular weight is 430 g/mol. The lowest BCUT2D eigenvalue weighted by Gasteiger charge is -2.32. The maximum absolute atomic E-state index is 14.6. The van der Waals surface area contributed by atoms with Crippen LogP contribution in [0, 0.1) is 5.82 Å². The SMILES string of the molecule is COc1cccc(F)c1-c1cc2c(cn1)cnn2-c1cccc(N2C[C@@H]3C[C@H]2CN3C)n1. The number of nitrogens with zero attached hydrogens (tertiary/aromatic N) is 6. The fraction of sp³-hybridized carbons (Fsp3) is 0.292. The fourth-order valence-electron chi connectivity index (χ4n) is 5.00. The van der Waals surface area contributed by atoms with E-state index < -0.39 is 0 Å². The predicted molar refractivity (Wildman–Crippen MR) is 121 cm³/mol. The van der Waals surface area contributed by atoms with Crippen LogP contribution in [0.5, 0.6) is 5.75 Å². The highest BCUT2D eigenvalue weighted by atomic mass is 19.1. The molecule has 162 valence electrons. The van der Waals surface area contributed by atoms with Gasteiger partial charge in [-0.15, -0.1) is 0 Å². The Hall–Kier alpha value is -3.52. The Morgan fingerprint density at radius 1 is 1.03 bits per heavy atom. The number of hydrogen-bond donors (Lipinski definition) is 0. The van der Waals surface area contributed by atoms with E-state index in [1.807, 2.05) is 18.2 Å². The summed E-state index contributed by atoms with van der Waals surface area (Å²) in [6.07, 6.45) is 4.65. The smallest absolute Gasteiger partial charge is 0.156 e. The van der Waals surface area contributed by atoms with Gasteiger partial charge in [0.25, 0.3) is 0 Å². The van der Waals surface area contributed by atoms with E-state index in [4.69, 9.17) is 9.72 Å². The van der Waals surface area contributed by atoms with Crippen molar-refractivity contribution in [2.24, 2.45) is 0 Å². The van der Waals surface area contributed by atoms with Gasteiger partial charge in [0.2, 0.25) is 0 Å². The summed E-state index contributed by atoms with van der Waals surface area (Å²) < 4.78 is 21.8. The lowest BCUT2D eigenvalue weighted by atomic mass is 10.1. The topological polar surface area (TPSA) is 59.3 Å². The zero-order valence-corrected chi connectivity index (χ0v) is 17.9. The molecule has 2 bridgehead atoms. The third-order valence-electron chi connectivity index (χ3n) is 6.65. The van der Waals surface area contributed by atoms with Crippen molar-refractivity contribution in [1.82, 2.24) is 24.6 Å². The first-order valence-corrected chi connectivity index (χ1v) is 10.7. The van der Waals surface area contributed by atoms with Gasteiger partial charge in [0.05, 0.1) is 30.1 Å². The van der Waals surface area contributed by atoms with Gasteiger partial charge in [-0.25, -0.2) is 14.1 Å². The summed E-state index contributed by atoms with van der Waals surface area (Å²) in [7, 11) is 3.72. The van der Waals surface area contributed by atoms with Crippen LogP contribution in [0.3, 0.4) is 0 Å². The van der Waals surface area contributed by atoms with E-state index in [0.717, 1.165) is 35.6 Å². The molecule has 0 amide bonds. The van der Waals surface area contributed by atoms with Crippen molar-refractivity contribution in [2.45, 2.75) is 18.5 Å². The molecule has 0 aliphatic carbocycles. The van der Waals surface area contributed by atoms with E-state index in [2.05, 4.69) is 33.0 Å². The Morgan fingerprint density at radius 3 is 2.66 bits per heavy atom. The predicted octanol–water partition coefficient (Wildman–Crippen LogP) is 3.52. The number of anilines is 1. The summed E-state index contributed by atoms with van der Waals surface area (Å²) in [5.74, 6) is 1.76. The number of fused-ring (bicyclic) bond motifs is 3. The van der Waals surface area contributed by atoms with Crippen LogP contribution in [0.4, 0.5) is 10.2 Å². The van der Waals surface area contributed by atoms with Crippen molar-refractivity contribution in [3.05, 3.63) is 60.7 Å². The van der Waals surface area contributed by atoms with Gasteiger partial charge in [-0.05, 0) is 43.8 Å². The van der Waals surface area contributed by atoms with E-state index in [1.165, 1.54) is 19.6 Å². The second-order valence-electron chi connectivity index (χ2n) is 8.49. The summed E-state index contributed by atoms with van der Waals surface area (Å²) in [6, 6.07) is 13.7. The number of methoxy groups -OCH3 is 1. The second kappa shape index (κ2) is 7.27. The molecular weight excluding hydrogens is 407 g/mol. The van der Waals surface area contributed by atoms with Gasteiger partial charge in [0.15, 0.2) is 5.82 Å². The second-order valence-corrected chi connectivity index (χ2v) is 8.49. The van der Waals surface area contributed by atoms with Crippen LogP contribution in [0.25, 0.3) is 28.0 Å². The van der Waals surface area contributed by atoms with Gasteiger partial charge >= 0.3 is 0 Å². The molecule has 1 aromatic carbocycles. The Kier molecular flexibility index (Phi) is 4.36. The van der Waals surface area contributed by atoms with Crippen LogP contribution >= 0.6 is 0 Å². The molecule has 2 aliphatic rings. The molecule has 4 aromatic rings. The minimum Gasteiger partial charge on any atom is -0.496 e. The number of hydrogen-bond acceptors (Lipinski definition) is 6. The summed E-state index contributed by atoms with van der Waals surface area (Å²) in [4.78, 5) is 14.2. The van der Waals surface area contributed by atoms with Gasteiger partial charge < -0.3 is 9.64 Å². The van der Waals surface area contributed by atoms with Crippen molar-refractivity contribution < 1.29 is 9.13 Å². The molecule has 7 nitrogen and oxygen atoms in total. The normalized spacial score (nSPS) is 20.4. The van der Waals surface area contributed by atoms with Crippen LogP contribution in [0.2, 0.25) is 0 Å². The van der Waals surface area contributed by atoms with E-state index in [-0.39, 0.29) is 5.82 Å². The third kappa shape index (κ3) is 2.94. The van der Waals surface area contributed by atoms with Crippen molar-refractivity contribution in [2.75, 3.05) is 32.1 Å². The Bertz CT molecular complexity index is 1320. The highest BCUT2D eigenvalue weighted by Crippen LogP contribution is 2.34. The van der Waals surface area contributed by atoms with Gasteiger partial charge in [-0.2, -0.15) is 5.10 Å². The zero-order valence-electron chi connectivity index (χ0n) is 17.9. The molecule has 6 rings (SSSR count). The lowest BCUT2D eigenvalue weighted by Crippen LogP contribution is -2.44. The number of halogens is 1. The first kappa shape index (κ1) is 19.2. The number of benzene rings is 1. The van der Waals surface area contributed by atoms with Crippen LogP contribution in [0.1, 0.15) is 6.42 Å². The summed E-state index contributed by atoms with van der Waals surface area (Å²) >= 11 is 0. The van der Waals surface area contributed by atoms with E-state index in [1.54, 1.807) is 29.2 Å². The molecule has 0 N–H and O–H groups in total. The quantitative estimate of drug-likeness (QED) is 0.494. The maximum Gasteiger partial charge on any atom is 0.156 e. The van der Waals surface area contributed by atoms with Gasteiger partial charge in [0.1, 0.15) is 17.4 Å². The number of rotatable bonds is 4. The molecule has 2 aliphatic heterocycles. The van der Waals surface area contributed by atoms with Crippen molar-refractivity contribution in [3.63, 3.8) is 0 Å². The number of pyridine rings is 2. The molecule has 2 saturated heterocycles. The molecule has 0 radical (unpaired) electrons. The van der Waals surface area contributed by atoms with Gasteiger partial charge in [0, 0.05) is 36.8 Å². The number of likely N-dealkylation sites (N-methyl/N-ethyl adjacent to an activating group) is 1. The highest BCUT2D eigenvalue weighted by Gasteiger charge is 2.41. The van der Waals surface area contributed by atoms with Gasteiger partial charge in [-0.1, -0.05) is 12.1 Å². The van der Waals surface area contributed by atoms with Crippen molar-refractivity contribution in [1.29, 1.82) is 0 Å². The standard InChI is InChI=1S/C24H23FN6O/c1-29-13-17-9-16(29)14-30(17)22-7-4-8-23(28-22)31-20-10-19(26-11-15(20)12-27-31)24-18(25)5-3-6-21(24)32-2/h3-8,10-12,16-17H,9,13-14H2,1-2H3/t16-,17-/m0/s1. The van der Waals surface area contributed by atoms with Gasteiger partial charge in [-0.3, -0.25) is 9.88 Å². The number of aromatic nitrogens is 4. The van der Waals surface area contributed by atoms with Crippen LogP contribution in [0.15, 0.2) is 54.9 Å². The number of ether oxygens (including phenoxy) is 1. The first-order valence-electron chi connectivity index (χ1n) is 10.7. The Morgan fingerprint density at radius 2 is 1.88 bits per heavy atom. The van der Waals surface area contributed by atoms with Crippen molar-refractivity contribution >= 4 is 16.7 Å². The molecule has 0 unspecified atom stereocenters. The first-order chi connectivity index (χ1) is 15.6. The third-order valence-corrected chi connectivity index (χ3v) is 6.65. The van der Waals surface area contributed by atoms with Crippen LogP contribution in [-0.2, 0) is 0 Å². The Balaban J connectivity index is 1.41. The monoisotopic (exact) mass is 430 g/mol. The molecule has 3 aromatic heterocycles. The maximum atomic E-state index is 14.6. The molecular formula is C24H23FN6O. The highest BCUT2D eigenvalue weighted by molar-refractivity contribution is 5.84. The molecule has 5 heterocycles. The number of piperazine rings is 1.